The minimum atomic E-state index is 0.753. The third kappa shape index (κ3) is 2.69. The summed E-state index contributed by atoms with van der Waals surface area (Å²) in [6.45, 7) is 3.71. The Bertz CT molecular complexity index is 753. The molecule has 0 radical (unpaired) electrons. The van der Waals surface area contributed by atoms with Crippen molar-refractivity contribution in [1.82, 2.24) is 24.6 Å². The molecule has 3 rings (SSSR count). The average molecular weight is 283 g/mol. The number of nitrogens with one attached hydrogen (secondary N) is 1. The summed E-state index contributed by atoms with van der Waals surface area (Å²) in [6.07, 6.45) is 3.05. The first-order chi connectivity index (χ1) is 10.2. The van der Waals surface area contributed by atoms with E-state index in [4.69, 9.17) is 0 Å². The highest BCUT2D eigenvalue weighted by Gasteiger charge is 2.08. The molecule has 0 spiro atoms. The Morgan fingerprint density at radius 3 is 2.71 bits per heavy atom. The van der Waals surface area contributed by atoms with Crippen molar-refractivity contribution in [2.75, 3.05) is 0 Å². The average Bonchev–Trinajstić information content (AvgIpc) is 3.00. The zero-order valence-electron chi connectivity index (χ0n) is 12.8. The van der Waals surface area contributed by atoms with Gasteiger partial charge in [0, 0.05) is 32.4 Å². The smallest absolute Gasteiger partial charge is 0.123 e. The molecule has 1 aromatic carbocycles. The monoisotopic (exact) mass is 283 g/mol. The van der Waals surface area contributed by atoms with Gasteiger partial charge in [-0.15, -0.1) is 0 Å². The molecule has 1 N–H and O–H groups in total. The van der Waals surface area contributed by atoms with Crippen LogP contribution in [0.15, 0.2) is 30.5 Å². The largest absolute Gasteiger partial charge is 0.330 e. The molecule has 0 fully saturated rings. The Morgan fingerprint density at radius 1 is 1.14 bits per heavy atom. The second-order valence-electron chi connectivity index (χ2n) is 5.31. The van der Waals surface area contributed by atoms with Gasteiger partial charge in [-0.05, 0) is 18.6 Å². The molecule has 21 heavy (non-hydrogen) atoms. The molecule has 0 bridgehead atoms. The lowest BCUT2D eigenvalue weighted by molar-refractivity contribution is 0.640. The van der Waals surface area contributed by atoms with Crippen molar-refractivity contribution in [3.05, 3.63) is 47.5 Å². The Balaban J connectivity index is 1.70. The highest BCUT2D eigenvalue weighted by Crippen LogP contribution is 2.14. The van der Waals surface area contributed by atoms with E-state index in [0.29, 0.717) is 0 Å². The number of nitrogens with zero attached hydrogens (tertiary/aromatic N) is 4. The summed E-state index contributed by atoms with van der Waals surface area (Å²) in [4.78, 5) is 4.67. The summed E-state index contributed by atoms with van der Waals surface area (Å²) in [7, 11) is 4.03. The molecule has 0 unspecified atom stereocenters. The van der Waals surface area contributed by atoms with Crippen LogP contribution in [0, 0.1) is 0 Å². The van der Waals surface area contributed by atoms with Crippen LogP contribution in [0.2, 0.25) is 0 Å². The Labute approximate surface area is 124 Å². The molecule has 3 aromatic rings. The SMILES string of the molecule is CCc1nn(C)cc1CNCc1nc2ccccc2n1C. The van der Waals surface area contributed by atoms with Crippen LogP contribution in [-0.4, -0.2) is 19.3 Å². The van der Waals surface area contributed by atoms with Gasteiger partial charge < -0.3 is 9.88 Å². The van der Waals surface area contributed by atoms with Crippen molar-refractivity contribution >= 4 is 11.0 Å². The molecule has 0 saturated heterocycles. The maximum atomic E-state index is 4.67. The summed E-state index contributed by atoms with van der Waals surface area (Å²) >= 11 is 0. The molecule has 2 aromatic heterocycles. The first-order valence-electron chi connectivity index (χ1n) is 7.31. The molecule has 0 saturated carbocycles. The quantitative estimate of drug-likeness (QED) is 0.780. The maximum absolute atomic E-state index is 4.67. The number of imidazole rings is 1. The number of aromatic nitrogens is 4. The zero-order valence-corrected chi connectivity index (χ0v) is 12.8. The van der Waals surface area contributed by atoms with E-state index in [2.05, 4.69) is 52.3 Å². The van der Waals surface area contributed by atoms with Crippen LogP contribution >= 0.6 is 0 Å². The van der Waals surface area contributed by atoms with E-state index in [1.54, 1.807) is 0 Å². The van der Waals surface area contributed by atoms with Gasteiger partial charge in [-0.3, -0.25) is 4.68 Å². The predicted molar refractivity (Wildman–Crippen MR) is 83.8 cm³/mol. The standard InChI is InChI=1S/C16H21N5/c1-4-13-12(11-20(2)19-13)9-17-10-16-18-14-7-5-6-8-15(14)21(16)3/h5-8,11,17H,4,9-10H2,1-3H3. The minimum absolute atomic E-state index is 0.753. The Morgan fingerprint density at radius 2 is 1.95 bits per heavy atom. The molecule has 0 aliphatic heterocycles. The molecular weight excluding hydrogens is 262 g/mol. The van der Waals surface area contributed by atoms with Crippen LogP contribution < -0.4 is 5.32 Å². The van der Waals surface area contributed by atoms with Gasteiger partial charge in [0.05, 0.1) is 23.3 Å². The summed E-state index contributed by atoms with van der Waals surface area (Å²) in [6, 6.07) is 8.22. The number of hydrogen-bond acceptors (Lipinski definition) is 3. The molecule has 0 atom stereocenters. The van der Waals surface area contributed by atoms with E-state index >= 15 is 0 Å². The third-order valence-corrected chi connectivity index (χ3v) is 3.81. The van der Waals surface area contributed by atoms with Crippen LogP contribution in [0.5, 0.6) is 0 Å². The normalized spacial score (nSPS) is 11.4. The molecule has 0 amide bonds. The molecule has 2 heterocycles. The lowest BCUT2D eigenvalue weighted by Gasteiger charge is -2.05. The van der Waals surface area contributed by atoms with Crippen LogP contribution in [0.25, 0.3) is 11.0 Å². The predicted octanol–water partition coefficient (Wildman–Crippen LogP) is 2.16. The number of fused-ring (bicyclic) bond motifs is 1. The number of hydrogen-bond donors (Lipinski definition) is 1. The molecule has 0 aliphatic carbocycles. The van der Waals surface area contributed by atoms with Crippen LogP contribution in [-0.2, 0) is 33.6 Å². The highest BCUT2D eigenvalue weighted by atomic mass is 15.3. The third-order valence-electron chi connectivity index (χ3n) is 3.81. The topological polar surface area (TPSA) is 47.7 Å². The first-order valence-corrected chi connectivity index (χ1v) is 7.31. The summed E-state index contributed by atoms with van der Waals surface area (Å²) in [5.41, 5.74) is 4.64. The van der Waals surface area contributed by atoms with E-state index in [-0.39, 0.29) is 0 Å². The molecule has 5 heteroatoms. The Kier molecular flexibility index (Phi) is 3.75. The second kappa shape index (κ2) is 5.69. The van der Waals surface area contributed by atoms with Gasteiger partial charge in [0.2, 0.25) is 0 Å². The number of rotatable bonds is 5. The van der Waals surface area contributed by atoms with Gasteiger partial charge in [0.1, 0.15) is 5.82 Å². The van der Waals surface area contributed by atoms with Crippen molar-refractivity contribution in [1.29, 1.82) is 0 Å². The minimum Gasteiger partial charge on any atom is -0.330 e. The van der Waals surface area contributed by atoms with E-state index < -0.39 is 0 Å². The van der Waals surface area contributed by atoms with Gasteiger partial charge in [-0.2, -0.15) is 5.10 Å². The summed E-state index contributed by atoms with van der Waals surface area (Å²) in [5.74, 6) is 1.05. The van der Waals surface area contributed by atoms with Crippen LogP contribution in [0.1, 0.15) is 24.0 Å². The number of benzene rings is 1. The van der Waals surface area contributed by atoms with Gasteiger partial charge in [0.15, 0.2) is 0 Å². The zero-order chi connectivity index (χ0) is 14.8. The summed E-state index contributed by atoms with van der Waals surface area (Å²) < 4.78 is 4.03. The maximum Gasteiger partial charge on any atom is 0.123 e. The van der Waals surface area contributed by atoms with E-state index in [1.165, 1.54) is 11.1 Å². The van der Waals surface area contributed by atoms with Crippen molar-refractivity contribution in [3.63, 3.8) is 0 Å². The molecular formula is C16H21N5. The molecule has 5 nitrogen and oxygen atoms in total. The molecule has 0 aliphatic rings. The van der Waals surface area contributed by atoms with Crippen molar-refractivity contribution in [2.45, 2.75) is 26.4 Å². The van der Waals surface area contributed by atoms with E-state index in [0.717, 1.165) is 36.5 Å². The van der Waals surface area contributed by atoms with Gasteiger partial charge in [-0.25, -0.2) is 4.98 Å². The Hall–Kier alpha value is -2.14. The van der Waals surface area contributed by atoms with Gasteiger partial charge >= 0.3 is 0 Å². The molecule has 110 valence electrons. The highest BCUT2D eigenvalue weighted by molar-refractivity contribution is 5.75. The van der Waals surface area contributed by atoms with Crippen LogP contribution in [0.3, 0.4) is 0 Å². The van der Waals surface area contributed by atoms with Crippen molar-refractivity contribution in [3.8, 4) is 0 Å². The lowest BCUT2D eigenvalue weighted by atomic mass is 10.2. The lowest BCUT2D eigenvalue weighted by Crippen LogP contribution is -2.16. The first kappa shape index (κ1) is 13.8. The van der Waals surface area contributed by atoms with Gasteiger partial charge in [0.25, 0.3) is 0 Å². The fraction of sp³-hybridized carbons (Fsp3) is 0.375. The van der Waals surface area contributed by atoms with E-state index in [1.807, 2.05) is 23.9 Å². The second-order valence-corrected chi connectivity index (χ2v) is 5.31. The number of aryl methyl sites for hydroxylation is 3. The summed E-state index contributed by atoms with van der Waals surface area (Å²) in [5, 5.41) is 7.93. The van der Waals surface area contributed by atoms with Crippen molar-refractivity contribution < 1.29 is 0 Å². The fourth-order valence-electron chi connectivity index (χ4n) is 2.69. The van der Waals surface area contributed by atoms with Crippen molar-refractivity contribution in [2.24, 2.45) is 14.1 Å². The van der Waals surface area contributed by atoms with Crippen LogP contribution in [0.4, 0.5) is 0 Å². The number of para-hydroxylation sites is 2. The fourth-order valence-corrected chi connectivity index (χ4v) is 2.69. The van der Waals surface area contributed by atoms with E-state index in [9.17, 15) is 0 Å². The van der Waals surface area contributed by atoms with Gasteiger partial charge in [-0.1, -0.05) is 19.1 Å².